The molecule has 0 saturated carbocycles. The monoisotopic (exact) mass is 331 g/mol. The zero-order valence-electron chi connectivity index (χ0n) is 13.2. The average molecular weight is 331 g/mol. The molecule has 1 aromatic heterocycles. The molecule has 1 aliphatic rings. The van der Waals surface area contributed by atoms with Crippen LogP contribution in [0, 0.1) is 0 Å². The van der Waals surface area contributed by atoms with E-state index in [9.17, 15) is 9.59 Å². The highest BCUT2D eigenvalue weighted by atomic mass is 32.1. The Kier molecular flexibility index (Phi) is 4.09. The maximum absolute atomic E-state index is 12.3. The molecule has 0 aliphatic carbocycles. The van der Waals surface area contributed by atoms with Gasteiger partial charge in [0.2, 0.25) is 5.91 Å². The van der Waals surface area contributed by atoms with Gasteiger partial charge in [-0.1, -0.05) is 0 Å². The van der Waals surface area contributed by atoms with Gasteiger partial charge in [-0.25, -0.2) is 0 Å². The van der Waals surface area contributed by atoms with E-state index in [1.54, 1.807) is 21.1 Å². The molecule has 1 amide bonds. The van der Waals surface area contributed by atoms with E-state index in [1.165, 1.54) is 16.2 Å². The number of nitrogens with zero attached hydrogens (tertiary/aromatic N) is 1. The number of likely N-dealkylation sites (N-methyl/N-ethyl adjacent to an activating group) is 1. The Balaban J connectivity index is 1.98. The van der Waals surface area contributed by atoms with E-state index >= 15 is 0 Å². The standard InChI is InChI=1S/C17H17NO4S/c1-4-22-17(20)14-15-12(18(2)16(14)19)9-13(23-15)10-5-7-11(21-3)8-6-10/h5-9,14H,4H2,1-3H3. The number of amides is 1. The Hall–Kier alpha value is -2.34. The maximum atomic E-state index is 12.3. The third-order valence-electron chi connectivity index (χ3n) is 3.84. The van der Waals surface area contributed by atoms with Crippen LogP contribution in [0.5, 0.6) is 5.75 Å². The highest BCUT2D eigenvalue weighted by Crippen LogP contribution is 2.46. The predicted molar refractivity (Wildman–Crippen MR) is 89.1 cm³/mol. The molecule has 6 heteroatoms. The highest BCUT2D eigenvalue weighted by molar-refractivity contribution is 7.16. The minimum Gasteiger partial charge on any atom is -0.497 e. The molecule has 1 unspecified atom stereocenters. The van der Waals surface area contributed by atoms with Gasteiger partial charge in [-0.3, -0.25) is 9.59 Å². The van der Waals surface area contributed by atoms with Crippen molar-refractivity contribution in [2.75, 3.05) is 25.7 Å². The van der Waals surface area contributed by atoms with Crippen molar-refractivity contribution in [3.63, 3.8) is 0 Å². The summed E-state index contributed by atoms with van der Waals surface area (Å²) in [4.78, 5) is 27.7. The molecule has 0 radical (unpaired) electrons. The minimum absolute atomic E-state index is 0.231. The number of carbonyl (C=O) groups is 2. The Morgan fingerprint density at radius 2 is 2.00 bits per heavy atom. The molecule has 1 atom stereocenters. The van der Waals surface area contributed by atoms with Gasteiger partial charge in [-0.2, -0.15) is 0 Å². The molecule has 120 valence electrons. The maximum Gasteiger partial charge on any atom is 0.323 e. The first kappa shape index (κ1) is 15.6. The third-order valence-corrected chi connectivity index (χ3v) is 5.08. The second-order valence-electron chi connectivity index (χ2n) is 5.17. The number of anilines is 1. The molecule has 1 aliphatic heterocycles. The smallest absolute Gasteiger partial charge is 0.323 e. The van der Waals surface area contributed by atoms with Crippen molar-refractivity contribution < 1.29 is 19.1 Å². The van der Waals surface area contributed by atoms with Gasteiger partial charge in [0.25, 0.3) is 0 Å². The zero-order chi connectivity index (χ0) is 16.6. The van der Waals surface area contributed by atoms with Crippen molar-refractivity contribution in [1.29, 1.82) is 0 Å². The molecular weight excluding hydrogens is 314 g/mol. The Bertz CT molecular complexity index is 750. The first-order chi connectivity index (χ1) is 11.1. The van der Waals surface area contributed by atoms with Crippen LogP contribution in [0.15, 0.2) is 30.3 Å². The molecular formula is C17H17NO4S. The summed E-state index contributed by atoms with van der Waals surface area (Å²) < 4.78 is 10.2. The number of hydrogen-bond acceptors (Lipinski definition) is 5. The van der Waals surface area contributed by atoms with E-state index in [0.29, 0.717) is 0 Å². The van der Waals surface area contributed by atoms with Gasteiger partial charge in [0.1, 0.15) is 5.75 Å². The molecule has 2 heterocycles. The predicted octanol–water partition coefficient (Wildman–Crippen LogP) is 3.05. The van der Waals surface area contributed by atoms with Gasteiger partial charge >= 0.3 is 5.97 Å². The summed E-state index contributed by atoms with van der Waals surface area (Å²) in [5.74, 6) is -0.765. The molecule has 1 aromatic carbocycles. The summed E-state index contributed by atoms with van der Waals surface area (Å²) in [6.45, 7) is 2.00. The number of benzene rings is 1. The van der Waals surface area contributed by atoms with Crippen molar-refractivity contribution in [2.24, 2.45) is 0 Å². The fraction of sp³-hybridized carbons (Fsp3) is 0.294. The number of fused-ring (bicyclic) bond motifs is 1. The summed E-state index contributed by atoms with van der Waals surface area (Å²) in [5, 5.41) is 0. The quantitative estimate of drug-likeness (QED) is 0.638. The Morgan fingerprint density at radius 1 is 1.30 bits per heavy atom. The van der Waals surface area contributed by atoms with Gasteiger partial charge in [0.05, 0.1) is 24.3 Å². The van der Waals surface area contributed by atoms with Crippen LogP contribution >= 0.6 is 11.3 Å². The zero-order valence-corrected chi connectivity index (χ0v) is 14.0. The molecule has 0 saturated heterocycles. The van der Waals surface area contributed by atoms with Crippen molar-refractivity contribution in [3.05, 3.63) is 35.2 Å². The number of hydrogen-bond donors (Lipinski definition) is 0. The van der Waals surface area contributed by atoms with Gasteiger partial charge in [0.15, 0.2) is 5.92 Å². The first-order valence-corrected chi connectivity index (χ1v) is 8.10. The van der Waals surface area contributed by atoms with Crippen molar-refractivity contribution in [2.45, 2.75) is 12.8 Å². The summed E-state index contributed by atoms with van der Waals surface area (Å²) in [5.41, 5.74) is 1.80. The molecule has 2 aromatic rings. The van der Waals surface area contributed by atoms with Crippen LogP contribution in [0.3, 0.4) is 0 Å². The fourth-order valence-electron chi connectivity index (χ4n) is 2.62. The normalized spacial score (nSPS) is 16.4. The minimum atomic E-state index is -0.841. The molecule has 0 N–H and O–H groups in total. The van der Waals surface area contributed by atoms with Gasteiger partial charge < -0.3 is 14.4 Å². The summed E-state index contributed by atoms with van der Waals surface area (Å²) in [6, 6.07) is 9.64. The lowest BCUT2D eigenvalue weighted by Crippen LogP contribution is -2.29. The second kappa shape index (κ2) is 6.04. The van der Waals surface area contributed by atoms with E-state index in [2.05, 4.69) is 0 Å². The number of esters is 1. The lowest BCUT2D eigenvalue weighted by molar-refractivity contribution is -0.147. The van der Waals surface area contributed by atoms with E-state index in [0.717, 1.165) is 26.8 Å². The van der Waals surface area contributed by atoms with E-state index < -0.39 is 11.9 Å². The van der Waals surface area contributed by atoms with Gasteiger partial charge in [0, 0.05) is 11.9 Å². The second-order valence-corrected chi connectivity index (χ2v) is 6.25. The van der Waals surface area contributed by atoms with E-state index in [-0.39, 0.29) is 12.5 Å². The molecule has 3 rings (SSSR count). The van der Waals surface area contributed by atoms with Crippen molar-refractivity contribution in [1.82, 2.24) is 0 Å². The van der Waals surface area contributed by atoms with Crippen molar-refractivity contribution >= 4 is 28.9 Å². The summed E-state index contributed by atoms with van der Waals surface area (Å²) in [6.07, 6.45) is 0. The van der Waals surface area contributed by atoms with E-state index in [1.807, 2.05) is 30.3 Å². The van der Waals surface area contributed by atoms with Crippen molar-refractivity contribution in [3.8, 4) is 16.2 Å². The molecule has 23 heavy (non-hydrogen) atoms. The molecule has 0 bridgehead atoms. The topological polar surface area (TPSA) is 55.8 Å². The fourth-order valence-corrected chi connectivity index (χ4v) is 3.90. The van der Waals surface area contributed by atoms with Crippen LogP contribution in [0.25, 0.3) is 10.4 Å². The van der Waals surface area contributed by atoms with Crippen LogP contribution in [-0.2, 0) is 14.3 Å². The summed E-state index contributed by atoms with van der Waals surface area (Å²) >= 11 is 1.45. The molecule has 0 spiro atoms. The molecule has 5 nitrogen and oxygen atoms in total. The number of carbonyl (C=O) groups excluding carboxylic acids is 2. The lowest BCUT2D eigenvalue weighted by atomic mass is 10.1. The van der Waals surface area contributed by atoms with Crippen LogP contribution in [0.2, 0.25) is 0 Å². The van der Waals surface area contributed by atoms with Crippen LogP contribution in [-0.4, -0.2) is 32.6 Å². The van der Waals surface area contributed by atoms with E-state index in [4.69, 9.17) is 9.47 Å². The Labute approximate surface area is 138 Å². The van der Waals surface area contributed by atoms with Crippen LogP contribution < -0.4 is 9.64 Å². The largest absolute Gasteiger partial charge is 0.497 e. The van der Waals surface area contributed by atoms with Crippen LogP contribution in [0.1, 0.15) is 17.7 Å². The number of thiophene rings is 1. The molecule has 0 fully saturated rings. The van der Waals surface area contributed by atoms with Gasteiger partial charge in [-0.15, -0.1) is 11.3 Å². The average Bonchev–Trinajstić information content (AvgIpc) is 3.07. The highest BCUT2D eigenvalue weighted by Gasteiger charge is 2.43. The number of methoxy groups -OCH3 is 1. The third kappa shape index (κ3) is 2.59. The Morgan fingerprint density at radius 3 is 2.61 bits per heavy atom. The first-order valence-electron chi connectivity index (χ1n) is 7.29. The SMILES string of the molecule is CCOC(=O)C1C(=O)N(C)c2cc(-c3ccc(OC)cc3)sc21. The summed E-state index contributed by atoms with van der Waals surface area (Å²) in [7, 11) is 3.31. The lowest BCUT2D eigenvalue weighted by Gasteiger charge is -2.11. The van der Waals surface area contributed by atoms with Gasteiger partial charge in [-0.05, 0) is 42.8 Å². The number of rotatable bonds is 4. The number of ether oxygens (including phenoxy) is 2. The van der Waals surface area contributed by atoms with Crippen LogP contribution in [0.4, 0.5) is 5.69 Å².